The van der Waals surface area contributed by atoms with Gasteiger partial charge in [-0.05, 0) is 65.7 Å². The van der Waals surface area contributed by atoms with Gasteiger partial charge in [0.2, 0.25) is 0 Å². The van der Waals surface area contributed by atoms with Gasteiger partial charge in [-0.25, -0.2) is 9.48 Å². The van der Waals surface area contributed by atoms with Crippen molar-refractivity contribution in [2.45, 2.75) is 56.0 Å². The highest BCUT2D eigenvalue weighted by Crippen LogP contribution is 2.38. The van der Waals surface area contributed by atoms with Gasteiger partial charge in [-0.2, -0.15) is 5.10 Å². The number of aromatic nitrogens is 2. The molecule has 0 fully saturated rings. The van der Waals surface area contributed by atoms with Crippen LogP contribution >= 0.6 is 0 Å². The zero-order valence-corrected chi connectivity index (χ0v) is 16.3. The number of anilines is 1. The normalized spacial score (nSPS) is 21.0. The van der Waals surface area contributed by atoms with Crippen molar-refractivity contribution in [2.75, 3.05) is 11.9 Å². The van der Waals surface area contributed by atoms with Crippen LogP contribution in [-0.4, -0.2) is 28.5 Å². The number of hydrogen-bond donors (Lipinski definition) is 2. The van der Waals surface area contributed by atoms with E-state index >= 15 is 0 Å². The number of nitrogens with zero attached hydrogens (tertiary/aromatic N) is 3. The van der Waals surface area contributed by atoms with E-state index in [1.807, 2.05) is 0 Å². The lowest BCUT2D eigenvalue weighted by Crippen LogP contribution is -2.37. The maximum atomic E-state index is 12.6. The highest BCUT2D eigenvalue weighted by atomic mass is 32.2. The predicted molar refractivity (Wildman–Crippen MR) is 104 cm³/mol. The quantitative estimate of drug-likeness (QED) is 0.752. The third-order valence-electron chi connectivity index (χ3n) is 5.66. The van der Waals surface area contributed by atoms with E-state index in [1.54, 1.807) is 4.68 Å². The molecule has 1 aliphatic heterocycles. The molecule has 0 saturated carbocycles. The summed E-state index contributed by atoms with van der Waals surface area (Å²) in [4.78, 5) is 12.9. The van der Waals surface area contributed by atoms with Gasteiger partial charge in [-0.3, -0.25) is 0 Å². The molecular formula is C19H22N5O3S-. The number of nitrogens with one attached hydrogen (secondary N) is 1. The number of urea groups is 1. The third-order valence-corrected chi connectivity index (χ3v) is 6.65. The lowest BCUT2D eigenvalue weighted by Gasteiger charge is -2.22. The van der Waals surface area contributed by atoms with Gasteiger partial charge in [0.1, 0.15) is 6.61 Å². The molecule has 1 aromatic carbocycles. The van der Waals surface area contributed by atoms with Crippen molar-refractivity contribution in [3.63, 3.8) is 0 Å². The van der Waals surface area contributed by atoms with Crippen LogP contribution in [0, 0.1) is 0 Å². The van der Waals surface area contributed by atoms with Gasteiger partial charge in [0.05, 0.1) is 12.6 Å². The number of benzene rings is 1. The van der Waals surface area contributed by atoms with Crippen LogP contribution in [0.4, 0.5) is 10.5 Å². The molecule has 148 valence electrons. The highest BCUT2D eigenvalue weighted by Gasteiger charge is 2.24. The predicted octanol–water partition coefficient (Wildman–Crippen LogP) is 2.32. The van der Waals surface area contributed by atoms with Crippen molar-refractivity contribution >= 4 is 22.3 Å². The summed E-state index contributed by atoms with van der Waals surface area (Å²) in [6, 6.07) is 1.55. The molecule has 2 amide bonds. The number of nitrogens with two attached hydrogens (primary N) is 1. The Morgan fingerprint density at radius 3 is 2.68 bits per heavy atom. The van der Waals surface area contributed by atoms with Gasteiger partial charge in [0.15, 0.2) is 5.88 Å². The molecule has 2 aromatic rings. The summed E-state index contributed by atoms with van der Waals surface area (Å²) in [5.41, 5.74) is 11.8. The number of amides is 2. The smallest absolute Gasteiger partial charge is 0.322 e. The van der Waals surface area contributed by atoms with E-state index in [9.17, 15) is 9.00 Å². The number of ether oxygens (including phenoxy) is 1. The highest BCUT2D eigenvalue weighted by molar-refractivity contribution is 7.75. The zero-order chi connectivity index (χ0) is 19.3. The van der Waals surface area contributed by atoms with E-state index in [1.165, 1.54) is 28.5 Å². The molecular weight excluding hydrogens is 378 g/mol. The minimum Gasteiger partial charge on any atom is -0.477 e. The van der Waals surface area contributed by atoms with Crippen molar-refractivity contribution in [1.29, 1.82) is 0 Å². The molecule has 0 radical (unpaired) electrons. The van der Waals surface area contributed by atoms with Crippen LogP contribution in [0.2, 0.25) is 0 Å². The summed E-state index contributed by atoms with van der Waals surface area (Å²) in [5, 5.41) is 7.08. The molecule has 2 aliphatic carbocycles. The first kappa shape index (κ1) is 17.7. The van der Waals surface area contributed by atoms with Crippen molar-refractivity contribution in [3.8, 4) is 5.88 Å². The Balaban J connectivity index is 1.43. The van der Waals surface area contributed by atoms with Crippen LogP contribution in [0.25, 0.3) is 0 Å². The number of rotatable bonds is 2. The van der Waals surface area contributed by atoms with Crippen LogP contribution in [-0.2, 0) is 47.0 Å². The summed E-state index contributed by atoms with van der Waals surface area (Å²) in [6.07, 6.45) is 7.67. The molecule has 3 N–H and O–H groups in total. The number of aryl methyl sites for hydroxylation is 2. The second-order valence-electron chi connectivity index (χ2n) is 7.57. The van der Waals surface area contributed by atoms with E-state index < -0.39 is 16.6 Å². The monoisotopic (exact) mass is 400 g/mol. The molecule has 2 heterocycles. The molecule has 9 heteroatoms. The van der Waals surface area contributed by atoms with Crippen molar-refractivity contribution in [3.05, 3.63) is 34.5 Å². The minimum atomic E-state index is -1.89. The maximum absolute atomic E-state index is 12.6. The molecule has 3 aliphatic rings. The summed E-state index contributed by atoms with van der Waals surface area (Å²) in [7, 11) is -1.89. The summed E-state index contributed by atoms with van der Waals surface area (Å²) in [5.74, 6) is 0.373. The molecule has 8 nitrogen and oxygen atoms in total. The van der Waals surface area contributed by atoms with E-state index in [0.717, 1.165) is 44.2 Å². The molecule has 28 heavy (non-hydrogen) atoms. The molecule has 1 aromatic heterocycles. The van der Waals surface area contributed by atoms with Gasteiger partial charge in [-0.15, -0.1) is 10.6 Å². The van der Waals surface area contributed by atoms with Crippen LogP contribution in [0.3, 0.4) is 0 Å². The second kappa shape index (κ2) is 6.89. The molecule has 0 unspecified atom stereocenters. The minimum absolute atomic E-state index is 0.156. The topological polar surface area (TPSA) is 112 Å². The Hall–Kier alpha value is -2.39. The number of hydrogen-bond acceptors (Lipinski definition) is 6. The van der Waals surface area contributed by atoms with E-state index in [2.05, 4.69) is 20.8 Å². The number of carbonyl (C=O) groups excluding carboxylic acids is 1. The van der Waals surface area contributed by atoms with Crippen LogP contribution in [0.1, 0.15) is 35.1 Å². The molecule has 1 atom stereocenters. The first-order chi connectivity index (χ1) is 13.6. The fourth-order valence-electron chi connectivity index (χ4n) is 4.43. The first-order valence-corrected chi connectivity index (χ1v) is 10.8. The lowest BCUT2D eigenvalue weighted by atomic mass is 9.99. The van der Waals surface area contributed by atoms with Crippen LogP contribution in [0.5, 0.6) is 5.88 Å². The summed E-state index contributed by atoms with van der Waals surface area (Å²) >= 11 is 0. The van der Waals surface area contributed by atoms with Gasteiger partial charge < -0.3 is 24.4 Å². The first-order valence-electron chi connectivity index (χ1n) is 9.65. The van der Waals surface area contributed by atoms with Gasteiger partial charge >= 0.3 is 6.03 Å². The van der Waals surface area contributed by atoms with Crippen molar-refractivity contribution in [1.82, 2.24) is 9.78 Å². The maximum Gasteiger partial charge on any atom is 0.322 e. The largest absolute Gasteiger partial charge is 0.477 e. The fourth-order valence-corrected chi connectivity index (χ4v) is 5.18. The van der Waals surface area contributed by atoms with Gasteiger partial charge in [-0.1, -0.05) is 6.07 Å². The molecule has 0 bridgehead atoms. The molecule has 0 saturated heterocycles. The van der Waals surface area contributed by atoms with Crippen LogP contribution < -0.4 is 15.8 Å². The van der Waals surface area contributed by atoms with E-state index in [4.69, 9.17) is 10.5 Å². The van der Waals surface area contributed by atoms with Gasteiger partial charge in [0, 0.05) is 11.9 Å². The Morgan fingerprint density at radius 2 is 1.96 bits per heavy atom. The van der Waals surface area contributed by atoms with Crippen LogP contribution in [0.15, 0.2) is 21.5 Å². The Labute approximate surface area is 164 Å². The Bertz CT molecular complexity index is 1020. The molecule has 0 spiro atoms. The van der Waals surface area contributed by atoms with Crippen molar-refractivity contribution in [2.24, 2.45) is 10.1 Å². The Morgan fingerprint density at radius 1 is 1.25 bits per heavy atom. The fraction of sp³-hybridized carbons (Fsp3) is 0.474. The average Bonchev–Trinajstić information content (AvgIpc) is 3.39. The van der Waals surface area contributed by atoms with Crippen molar-refractivity contribution < 1.29 is 13.7 Å². The third kappa shape index (κ3) is 2.98. The average molecular weight is 400 g/mol. The summed E-state index contributed by atoms with van der Waals surface area (Å²) < 4.78 is 23.6. The Kier molecular flexibility index (Phi) is 4.36. The zero-order valence-electron chi connectivity index (χ0n) is 15.4. The standard InChI is InChI=1S/C19H22N5O3S/c20-13-9-24-18(27-10-13)16(8-21-24)28(26)23-19(25)22-17-14-5-1-3-11(14)7-12-4-2-6-15(12)17/h7-8,13H,1-6,9-10,20H2,(H,22,25)/q-1/t13-/m0/s1. The number of fused-ring (bicyclic) bond motifs is 3. The van der Waals surface area contributed by atoms with E-state index in [-0.39, 0.29) is 6.04 Å². The van der Waals surface area contributed by atoms with Gasteiger partial charge in [0.25, 0.3) is 0 Å². The number of carbonyl (C=O) groups is 1. The molecule has 5 rings (SSSR count). The van der Waals surface area contributed by atoms with E-state index in [0.29, 0.717) is 23.9 Å². The second-order valence-corrected chi connectivity index (χ2v) is 8.69. The lowest BCUT2D eigenvalue weighted by molar-refractivity contribution is 0.200. The summed E-state index contributed by atoms with van der Waals surface area (Å²) in [6.45, 7) is 0.811. The SMILES string of the molecule is N[C@@H]1COc2c([S-](=O)=NC(=O)Nc3c4c(cc5c3CCC5)CCC4)cnn2C1.